The van der Waals surface area contributed by atoms with Crippen LogP contribution in [0.15, 0.2) is 41.3 Å². The molecule has 0 bridgehead atoms. The van der Waals surface area contributed by atoms with Crippen molar-refractivity contribution in [3.8, 4) is 0 Å². The zero-order chi connectivity index (χ0) is 22.2. The Morgan fingerprint density at radius 3 is 2.32 bits per heavy atom. The zero-order valence-corrected chi connectivity index (χ0v) is 19.3. The van der Waals surface area contributed by atoms with Crippen molar-refractivity contribution in [3.05, 3.63) is 53.1 Å². The molecule has 4 rings (SSSR count). The molecule has 1 amide bonds. The Hall–Kier alpha value is -2.38. The van der Waals surface area contributed by atoms with Gasteiger partial charge in [-0.1, -0.05) is 24.3 Å². The van der Waals surface area contributed by atoms with Crippen molar-refractivity contribution in [2.75, 3.05) is 29.9 Å². The lowest BCUT2D eigenvalue weighted by atomic mass is 10.0. The Morgan fingerprint density at radius 1 is 0.968 bits per heavy atom. The summed E-state index contributed by atoms with van der Waals surface area (Å²) in [5.74, 6) is -0.251. The number of rotatable bonds is 5. The lowest BCUT2D eigenvalue weighted by Crippen LogP contribution is -2.43. The van der Waals surface area contributed by atoms with E-state index < -0.39 is 16.1 Å². The summed E-state index contributed by atoms with van der Waals surface area (Å²) >= 11 is 0. The minimum atomic E-state index is -3.71. The molecule has 0 saturated carbocycles. The first-order valence-electron chi connectivity index (χ1n) is 11.0. The number of sulfonamides is 1. The fourth-order valence-corrected chi connectivity index (χ4v) is 6.70. The third kappa shape index (κ3) is 4.08. The van der Waals surface area contributed by atoms with Crippen LogP contribution in [-0.2, 0) is 14.8 Å². The molecular formula is C24H31N3O3S. The van der Waals surface area contributed by atoms with Gasteiger partial charge in [-0.3, -0.25) is 4.79 Å². The van der Waals surface area contributed by atoms with Crippen LogP contribution >= 0.6 is 0 Å². The van der Waals surface area contributed by atoms with Crippen LogP contribution in [0.25, 0.3) is 0 Å². The Kier molecular flexibility index (Phi) is 6.08. The van der Waals surface area contributed by atoms with E-state index in [0.29, 0.717) is 19.4 Å². The van der Waals surface area contributed by atoms with Gasteiger partial charge in [-0.2, -0.15) is 4.31 Å². The molecule has 166 valence electrons. The Morgan fingerprint density at radius 2 is 1.65 bits per heavy atom. The number of carbonyl (C=O) groups excluding carboxylic acids is 1. The van der Waals surface area contributed by atoms with E-state index in [9.17, 15) is 13.2 Å². The average Bonchev–Trinajstić information content (AvgIpc) is 3.44. The van der Waals surface area contributed by atoms with Crippen LogP contribution in [0.1, 0.15) is 42.4 Å². The summed E-state index contributed by atoms with van der Waals surface area (Å²) in [7, 11) is -3.71. The summed E-state index contributed by atoms with van der Waals surface area (Å²) < 4.78 is 27.7. The normalized spacial score (nSPS) is 19.7. The van der Waals surface area contributed by atoms with Crippen LogP contribution < -0.4 is 10.2 Å². The topological polar surface area (TPSA) is 69.7 Å². The molecule has 2 aromatic rings. The van der Waals surface area contributed by atoms with Crippen LogP contribution in [0.3, 0.4) is 0 Å². The van der Waals surface area contributed by atoms with Crippen LogP contribution in [0.2, 0.25) is 0 Å². The van der Waals surface area contributed by atoms with Gasteiger partial charge in [0.05, 0.1) is 4.90 Å². The second-order valence-corrected chi connectivity index (χ2v) is 10.5. The van der Waals surface area contributed by atoms with Gasteiger partial charge in [0.25, 0.3) is 0 Å². The Labute approximate surface area is 185 Å². The minimum Gasteiger partial charge on any atom is -0.371 e. The number of carbonyl (C=O) groups is 1. The second kappa shape index (κ2) is 8.63. The van der Waals surface area contributed by atoms with Crippen molar-refractivity contribution < 1.29 is 13.2 Å². The molecule has 2 aromatic carbocycles. The van der Waals surface area contributed by atoms with Crippen molar-refractivity contribution >= 4 is 27.3 Å². The Bertz CT molecular complexity index is 1080. The molecule has 2 fully saturated rings. The van der Waals surface area contributed by atoms with Gasteiger partial charge in [-0.05, 0) is 75.3 Å². The summed E-state index contributed by atoms with van der Waals surface area (Å²) in [6.45, 7) is 8.59. The van der Waals surface area contributed by atoms with Crippen molar-refractivity contribution in [1.29, 1.82) is 0 Å². The smallest absolute Gasteiger partial charge is 0.243 e. The predicted octanol–water partition coefficient (Wildman–Crippen LogP) is 4.00. The molecule has 7 heteroatoms. The number of nitrogens with one attached hydrogen (secondary N) is 1. The minimum absolute atomic E-state index is 0.230. The first kappa shape index (κ1) is 21.8. The summed E-state index contributed by atoms with van der Waals surface area (Å²) in [4.78, 5) is 15.9. The van der Waals surface area contributed by atoms with Crippen LogP contribution in [0.4, 0.5) is 11.4 Å². The van der Waals surface area contributed by atoms with E-state index in [0.717, 1.165) is 29.9 Å². The van der Waals surface area contributed by atoms with Crippen molar-refractivity contribution in [1.82, 2.24) is 4.31 Å². The first-order chi connectivity index (χ1) is 14.8. The number of benzene rings is 2. The predicted molar refractivity (Wildman–Crippen MR) is 124 cm³/mol. The lowest BCUT2D eigenvalue weighted by Gasteiger charge is -2.27. The van der Waals surface area contributed by atoms with Crippen LogP contribution in [0, 0.1) is 20.8 Å². The molecule has 1 atom stereocenters. The van der Waals surface area contributed by atoms with Gasteiger partial charge in [-0.25, -0.2) is 8.42 Å². The summed E-state index contributed by atoms with van der Waals surface area (Å²) in [6, 6.07) is 9.78. The molecule has 2 aliphatic rings. The first-order valence-corrected chi connectivity index (χ1v) is 12.5. The number of hydrogen-bond acceptors (Lipinski definition) is 4. The van der Waals surface area contributed by atoms with Gasteiger partial charge >= 0.3 is 0 Å². The number of anilines is 2. The highest BCUT2D eigenvalue weighted by atomic mass is 32.2. The molecule has 31 heavy (non-hydrogen) atoms. The summed E-state index contributed by atoms with van der Waals surface area (Å²) in [5.41, 5.74) is 5.27. The van der Waals surface area contributed by atoms with Gasteiger partial charge in [0.2, 0.25) is 15.9 Å². The molecule has 1 unspecified atom stereocenters. The summed E-state index contributed by atoms with van der Waals surface area (Å²) in [5, 5.41) is 3.09. The Balaban J connectivity index is 1.61. The second-order valence-electron chi connectivity index (χ2n) is 8.63. The summed E-state index contributed by atoms with van der Waals surface area (Å²) in [6.07, 6.45) is 3.57. The van der Waals surface area contributed by atoms with E-state index >= 15 is 0 Å². The number of nitrogens with zero attached hydrogens (tertiary/aromatic N) is 2. The van der Waals surface area contributed by atoms with Crippen molar-refractivity contribution in [2.24, 2.45) is 0 Å². The molecule has 0 aromatic heterocycles. The molecule has 2 aliphatic heterocycles. The third-order valence-electron chi connectivity index (χ3n) is 6.46. The maximum absolute atomic E-state index is 13.3. The van der Waals surface area contributed by atoms with E-state index in [2.05, 4.69) is 30.1 Å². The highest BCUT2D eigenvalue weighted by molar-refractivity contribution is 7.89. The average molecular weight is 442 g/mol. The van der Waals surface area contributed by atoms with Gasteiger partial charge in [0, 0.05) is 31.0 Å². The molecule has 0 spiro atoms. The molecule has 1 N–H and O–H groups in total. The van der Waals surface area contributed by atoms with E-state index in [4.69, 9.17) is 0 Å². The SMILES string of the molecule is Cc1cc(C)c(N2CCCC2)c(C)c1NC(=O)C1CCCN1S(=O)(=O)c1ccccc1. The standard InChI is InChI=1S/C24H31N3O3S/c1-17-16-18(2)23(26-13-7-8-14-26)19(3)22(17)25-24(28)21-12-9-15-27(21)31(29,30)20-10-5-4-6-11-20/h4-6,10-11,16,21H,7-9,12-15H2,1-3H3,(H,25,28). The molecular weight excluding hydrogens is 410 g/mol. The largest absolute Gasteiger partial charge is 0.371 e. The fraction of sp³-hybridized carbons (Fsp3) is 0.458. The maximum Gasteiger partial charge on any atom is 0.243 e. The van der Waals surface area contributed by atoms with Gasteiger partial charge in [-0.15, -0.1) is 0 Å². The van der Waals surface area contributed by atoms with Gasteiger partial charge in [0.15, 0.2) is 0 Å². The number of aryl methyl sites for hydroxylation is 2. The monoisotopic (exact) mass is 441 g/mol. The van der Waals surface area contributed by atoms with E-state index in [1.165, 1.54) is 28.4 Å². The van der Waals surface area contributed by atoms with E-state index in [1.54, 1.807) is 30.3 Å². The number of amides is 1. The van der Waals surface area contributed by atoms with Crippen molar-refractivity contribution in [2.45, 2.75) is 57.4 Å². The van der Waals surface area contributed by atoms with E-state index in [1.807, 2.05) is 6.92 Å². The molecule has 0 radical (unpaired) electrons. The highest BCUT2D eigenvalue weighted by Crippen LogP contribution is 2.36. The van der Waals surface area contributed by atoms with E-state index in [-0.39, 0.29) is 10.8 Å². The van der Waals surface area contributed by atoms with Crippen LogP contribution in [0.5, 0.6) is 0 Å². The lowest BCUT2D eigenvalue weighted by molar-refractivity contribution is -0.119. The molecule has 2 heterocycles. The van der Waals surface area contributed by atoms with Crippen LogP contribution in [-0.4, -0.2) is 44.3 Å². The fourth-order valence-electron chi connectivity index (χ4n) is 5.02. The highest BCUT2D eigenvalue weighted by Gasteiger charge is 2.39. The zero-order valence-electron chi connectivity index (χ0n) is 18.5. The molecule has 2 saturated heterocycles. The number of hydrogen-bond donors (Lipinski definition) is 1. The van der Waals surface area contributed by atoms with Crippen molar-refractivity contribution in [3.63, 3.8) is 0 Å². The maximum atomic E-state index is 13.3. The molecule has 6 nitrogen and oxygen atoms in total. The molecule has 0 aliphatic carbocycles. The van der Waals surface area contributed by atoms with Gasteiger partial charge < -0.3 is 10.2 Å². The quantitative estimate of drug-likeness (QED) is 0.761. The third-order valence-corrected chi connectivity index (χ3v) is 8.38. The van der Waals surface area contributed by atoms with Gasteiger partial charge in [0.1, 0.15) is 6.04 Å².